The first-order valence-corrected chi connectivity index (χ1v) is 7.77. The lowest BCUT2D eigenvalue weighted by Gasteiger charge is -2.04. The summed E-state index contributed by atoms with van der Waals surface area (Å²) in [5.41, 5.74) is 3.89. The number of aryl methyl sites for hydroxylation is 1. The minimum absolute atomic E-state index is 0.102. The van der Waals surface area contributed by atoms with E-state index in [1.165, 1.54) is 0 Å². The van der Waals surface area contributed by atoms with Gasteiger partial charge >= 0.3 is 5.97 Å². The summed E-state index contributed by atoms with van der Waals surface area (Å²) in [6.45, 7) is 1.95. The van der Waals surface area contributed by atoms with Crippen LogP contribution in [-0.2, 0) is 11.2 Å². The first-order chi connectivity index (χ1) is 10.5. The van der Waals surface area contributed by atoms with Crippen LogP contribution >= 0.6 is 27.5 Å². The molecule has 1 N–H and O–H groups in total. The number of aromatic nitrogens is 2. The molecule has 2 heterocycles. The van der Waals surface area contributed by atoms with Crippen molar-refractivity contribution in [2.75, 3.05) is 0 Å². The van der Waals surface area contributed by atoms with Crippen molar-refractivity contribution in [1.29, 1.82) is 0 Å². The number of hydrogen-bond donors (Lipinski definition) is 1. The maximum Gasteiger partial charge on any atom is 0.309 e. The minimum Gasteiger partial charge on any atom is -0.481 e. The molecule has 0 fully saturated rings. The van der Waals surface area contributed by atoms with Gasteiger partial charge in [-0.3, -0.25) is 4.79 Å². The molecule has 0 aliphatic rings. The minimum atomic E-state index is -0.894. The Hall–Kier alpha value is -1.85. The fourth-order valence-electron chi connectivity index (χ4n) is 2.47. The molecule has 0 saturated heterocycles. The van der Waals surface area contributed by atoms with Crippen molar-refractivity contribution in [3.8, 4) is 11.3 Å². The maximum atomic E-state index is 11.2. The molecule has 0 spiro atoms. The molecule has 112 valence electrons. The summed E-state index contributed by atoms with van der Waals surface area (Å²) >= 11 is 9.37. The number of hydrogen-bond acceptors (Lipinski definition) is 2. The summed E-state index contributed by atoms with van der Waals surface area (Å²) in [6.07, 6.45) is 1.74. The SMILES string of the molecule is Cc1cc(Br)cn2c(CC(=O)O)c(-c3ccc(Cl)cc3)nc12. The summed E-state index contributed by atoms with van der Waals surface area (Å²) in [6, 6.07) is 9.20. The van der Waals surface area contributed by atoms with Crippen molar-refractivity contribution >= 4 is 39.1 Å². The Bertz CT molecular complexity index is 872. The van der Waals surface area contributed by atoms with Crippen LogP contribution in [0.3, 0.4) is 0 Å². The van der Waals surface area contributed by atoms with Crippen molar-refractivity contribution in [1.82, 2.24) is 9.38 Å². The van der Waals surface area contributed by atoms with E-state index in [4.69, 9.17) is 11.6 Å². The number of nitrogens with zero attached hydrogens (tertiary/aromatic N) is 2. The average molecular weight is 380 g/mol. The number of carbonyl (C=O) groups is 1. The van der Waals surface area contributed by atoms with Crippen LogP contribution in [0.4, 0.5) is 0 Å². The molecule has 3 rings (SSSR count). The zero-order valence-electron chi connectivity index (χ0n) is 11.7. The molecule has 22 heavy (non-hydrogen) atoms. The summed E-state index contributed by atoms with van der Waals surface area (Å²) in [5.74, 6) is -0.894. The molecule has 0 aliphatic carbocycles. The number of pyridine rings is 1. The number of rotatable bonds is 3. The van der Waals surface area contributed by atoms with Gasteiger partial charge in [-0.25, -0.2) is 4.98 Å². The Morgan fingerprint density at radius 2 is 2.05 bits per heavy atom. The van der Waals surface area contributed by atoms with E-state index in [2.05, 4.69) is 20.9 Å². The highest BCUT2D eigenvalue weighted by Gasteiger charge is 2.18. The molecule has 6 heteroatoms. The topological polar surface area (TPSA) is 54.6 Å². The molecular formula is C16H12BrClN2O2. The smallest absolute Gasteiger partial charge is 0.309 e. The number of aliphatic carboxylic acids is 1. The molecular weight excluding hydrogens is 368 g/mol. The summed E-state index contributed by atoms with van der Waals surface area (Å²) in [7, 11) is 0. The quantitative estimate of drug-likeness (QED) is 0.736. The first-order valence-electron chi connectivity index (χ1n) is 6.60. The summed E-state index contributed by atoms with van der Waals surface area (Å²) in [4.78, 5) is 15.9. The van der Waals surface area contributed by atoms with Crippen molar-refractivity contribution in [3.63, 3.8) is 0 Å². The van der Waals surface area contributed by atoms with E-state index in [0.29, 0.717) is 16.4 Å². The third-order valence-electron chi connectivity index (χ3n) is 3.41. The Kier molecular flexibility index (Phi) is 3.93. The van der Waals surface area contributed by atoms with Crippen molar-refractivity contribution in [2.45, 2.75) is 13.3 Å². The van der Waals surface area contributed by atoms with Crippen molar-refractivity contribution in [3.05, 3.63) is 57.3 Å². The van der Waals surface area contributed by atoms with Gasteiger partial charge in [0.25, 0.3) is 0 Å². The number of benzene rings is 1. The Balaban J connectivity index is 2.30. The molecule has 0 aliphatic heterocycles. The molecule has 2 aromatic heterocycles. The second-order valence-electron chi connectivity index (χ2n) is 5.02. The normalized spacial score (nSPS) is 11.0. The van der Waals surface area contributed by atoms with Gasteiger partial charge in [0, 0.05) is 21.3 Å². The summed E-state index contributed by atoms with van der Waals surface area (Å²) in [5, 5.41) is 9.86. The van der Waals surface area contributed by atoms with Crippen LogP contribution in [0.15, 0.2) is 41.0 Å². The number of imidazole rings is 1. The van der Waals surface area contributed by atoms with Crippen LogP contribution in [0.5, 0.6) is 0 Å². The average Bonchev–Trinajstić information content (AvgIpc) is 2.78. The van der Waals surface area contributed by atoms with Gasteiger partial charge in [-0.1, -0.05) is 23.7 Å². The fourth-order valence-corrected chi connectivity index (χ4v) is 3.14. The Labute approximate surface area is 140 Å². The number of fused-ring (bicyclic) bond motifs is 1. The highest BCUT2D eigenvalue weighted by molar-refractivity contribution is 9.10. The lowest BCUT2D eigenvalue weighted by atomic mass is 10.1. The van der Waals surface area contributed by atoms with Gasteiger partial charge in [-0.2, -0.15) is 0 Å². The lowest BCUT2D eigenvalue weighted by Crippen LogP contribution is -2.05. The molecule has 0 saturated carbocycles. The van der Waals surface area contributed by atoms with Crippen LogP contribution in [0.2, 0.25) is 5.02 Å². The van der Waals surface area contributed by atoms with Gasteiger partial charge in [0.15, 0.2) is 0 Å². The first kappa shape index (κ1) is 15.1. The molecule has 0 radical (unpaired) electrons. The number of carboxylic acid groups (broad SMARTS) is 1. The van der Waals surface area contributed by atoms with Crippen LogP contribution < -0.4 is 0 Å². The number of carboxylic acids is 1. The van der Waals surface area contributed by atoms with Gasteiger partial charge in [-0.05, 0) is 46.6 Å². The highest BCUT2D eigenvalue weighted by atomic mass is 79.9. The Morgan fingerprint density at radius 3 is 2.68 bits per heavy atom. The van der Waals surface area contributed by atoms with Crippen LogP contribution in [0.1, 0.15) is 11.3 Å². The van der Waals surface area contributed by atoms with Gasteiger partial charge in [0.1, 0.15) is 5.65 Å². The molecule has 0 atom stereocenters. The van der Waals surface area contributed by atoms with Gasteiger partial charge in [0.05, 0.1) is 17.8 Å². The van der Waals surface area contributed by atoms with E-state index in [9.17, 15) is 9.90 Å². The zero-order valence-corrected chi connectivity index (χ0v) is 14.0. The van der Waals surface area contributed by atoms with Crippen LogP contribution in [-0.4, -0.2) is 20.5 Å². The second kappa shape index (κ2) is 5.74. The number of halogens is 2. The largest absolute Gasteiger partial charge is 0.481 e. The molecule has 1 aromatic carbocycles. The molecule has 3 aromatic rings. The van der Waals surface area contributed by atoms with Crippen LogP contribution in [0.25, 0.3) is 16.9 Å². The van der Waals surface area contributed by atoms with E-state index >= 15 is 0 Å². The summed E-state index contributed by atoms with van der Waals surface area (Å²) < 4.78 is 2.71. The van der Waals surface area contributed by atoms with Crippen molar-refractivity contribution < 1.29 is 9.90 Å². The third kappa shape index (κ3) is 2.74. The van der Waals surface area contributed by atoms with Crippen LogP contribution in [0, 0.1) is 6.92 Å². The monoisotopic (exact) mass is 378 g/mol. The predicted molar refractivity (Wildman–Crippen MR) is 89.4 cm³/mol. The van der Waals surface area contributed by atoms with Crippen molar-refractivity contribution in [2.24, 2.45) is 0 Å². The second-order valence-corrected chi connectivity index (χ2v) is 6.37. The lowest BCUT2D eigenvalue weighted by molar-refractivity contribution is -0.136. The Morgan fingerprint density at radius 1 is 1.36 bits per heavy atom. The van der Waals surface area contributed by atoms with Gasteiger partial charge in [-0.15, -0.1) is 0 Å². The molecule has 0 amide bonds. The zero-order chi connectivity index (χ0) is 15.9. The van der Waals surface area contributed by atoms with E-state index in [1.807, 2.05) is 35.7 Å². The predicted octanol–water partition coefficient (Wildman–Crippen LogP) is 4.35. The third-order valence-corrected chi connectivity index (χ3v) is 4.09. The highest BCUT2D eigenvalue weighted by Crippen LogP contribution is 2.28. The van der Waals surface area contributed by atoms with E-state index in [1.54, 1.807) is 12.1 Å². The van der Waals surface area contributed by atoms with Gasteiger partial charge < -0.3 is 9.51 Å². The standard InChI is InChI=1S/C16H12BrClN2O2/c1-9-6-11(17)8-20-13(7-14(21)22)15(19-16(9)20)10-2-4-12(18)5-3-10/h2-6,8H,7H2,1H3,(H,21,22). The van der Waals surface area contributed by atoms with E-state index in [0.717, 1.165) is 21.2 Å². The van der Waals surface area contributed by atoms with E-state index < -0.39 is 5.97 Å². The molecule has 0 bridgehead atoms. The molecule has 0 unspecified atom stereocenters. The maximum absolute atomic E-state index is 11.2. The van der Waals surface area contributed by atoms with E-state index in [-0.39, 0.29) is 6.42 Å². The molecule has 4 nitrogen and oxygen atoms in total. The van der Waals surface area contributed by atoms with Gasteiger partial charge in [0.2, 0.25) is 0 Å². The fraction of sp³-hybridized carbons (Fsp3) is 0.125.